The van der Waals surface area contributed by atoms with Gasteiger partial charge in [-0.05, 0) is 54.4 Å². The molecule has 0 unspecified atom stereocenters. The Hall–Kier alpha value is -2.60. The van der Waals surface area contributed by atoms with Gasteiger partial charge in [-0.1, -0.05) is 35.9 Å². The van der Waals surface area contributed by atoms with Gasteiger partial charge in [0.25, 0.3) is 0 Å². The van der Waals surface area contributed by atoms with Gasteiger partial charge in [-0.2, -0.15) is 0 Å². The molecule has 0 amide bonds. The molecule has 1 heterocycles. The molecule has 0 aromatic heterocycles. The smallest absolute Gasteiger partial charge is 0.193 e. The number of hydrogen-bond acceptors (Lipinski definition) is 5. The quantitative estimate of drug-likeness (QED) is 0.549. The Bertz CT molecular complexity index is 981. The van der Waals surface area contributed by atoms with Crippen LogP contribution in [-0.4, -0.2) is 48.1 Å². The number of methoxy groups -OCH3 is 1. The highest BCUT2D eigenvalue weighted by Gasteiger charge is 2.25. The van der Waals surface area contributed by atoms with Crippen molar-refractivity contribution in [2.45, 2.75) is 13.0 Å². The van der Waals surface area contributed by atoms with Crippen molar-refractivity contribution >= 4 is 29.0 Å². The zero-order valence-corrected chi connectivity index (χ0v) is 17.2. The lowest BCUT2D eigenvalue weighted by Gasteiger charge is -2.25. The minimum atomic E-state index is -0.390. The van der Waals surface area contributed by atoms with Crippen molar-refractivity contribution in [3.05, 3.63) is 69.8 Å². The highest BCUT2D eigenvalue weighted by atomic mass is 35.5. The number of ketones is 1. The van der Waals surface area contributed by atoms with E-state index < -0.39 is 5.78 Å². The molecule has 2 aromatic carbocycles. The number of benzene rings is 2. The van der Waals surface area contributed by atoms with Gasteiger partial charge in [-0.25, -0.2) is 0 Å². The summed E-state index contributed by atoms with van der Waals surface area (Å²) in [4.78, 5) is 15.1. The molecular weight excluding hydrogens is 390 g/mol. The molecule has 1 aliphatic heterocycles. The zero-order chi connectivity index (χ0) is 21.0. The van der Waals surface area contributed by atoms with Crippen molar-refractivity contribution in [1.82, 2.24) is 4.90 Å². The first-order valence-corrected chi connectivity index (χ1v) is 9.72. The van der Waals surface area contributed by atoms with Crippen molar-refractivity contribution < 1.29 is 19.7 Å². The molecule has 0 saturated carbocycles. The Morgan fingerprint density at radius 3 is 2.76 bits per heavy atom. The van der Waals surface area contributed by atoms with Crippen LogP contribution in [0.4, 0.5) is 0 Å². The SMILES string of the molecule is COc1cc(CO)c(C2=CCN(C)CC2)c(O)c1C(=O)C=Cc1cccc(Cl)c1. The Morgan fingerprint density at radius 1 is 1.34 bits per heavy atom. The number of ether oxygens (including phenoxy) is 1. The Kier molecular flexibility index (Phi) is 6.75. The van der Waals surface area contributed by atoms with E-state index in [1.807, 2.05) is 19.2 Å². The average Bonchev–Trinajstić information content (AvgIpc) is 2.72. The van der Waals surface area contributed by atoms with E-state index in [1.54, 1.807) is 30.3 Å². The summed E-state index contributed by atoms with van der Waals surface area (Å²) in [5.74, 6) is -0.326. The standard InChI is InChI=1S/C23H24ClNO4/c1-25-10-8-16(9-11-25)21-17(14-26)13-20(29-2)22(23(21)28)19(27)7-6-15-4-3-5-18(24)12-15/h3-8,12-13,26,28H,9-11,14H2,1-2H3. The highest BCUT2D eigenvalue weighted by molar-refractivity contribution is 6.30. The van der Waals surface area contributed by atoms with Crippen molar-refractivity contribution in [3.63, 3.8) is 0 Å². The maximum absolute atomic E-state index is 12.9. The van der Waals surface area contributed by atoms with E-state index in [0.29, 0.717) is 16.1 Å². The topological polar surface area (TPSA) is 70.0 Å². The van der Waals surface area contributed by atoms with Crippen LogP contribution in [0, 0.1) is 0 Å². The third-order valence-electron chi connectivity index (χ3n) is 4.99. The number of carbonyl (C=O) groups excluding carboxylic acids is 1. The van der Waals surface area contributed by atoms with Crippen LogP contribution >= 0.6 is 11.6 Å². The molecule has 0 atom stereocenters. The summed E-state index contributed by atoms with van der Waals surface area (Å²) in [6, 6.07) is 8.74. The lowest BCUT2D eigenvalue weighted by molar-refractivity contribution is 0.104. The average molecular weight is 414 g/mol. The van der Waals surface area contributed by atoms with Crippen molar-refractivity contribution in [2.24, 2.45) is 0 Å². The largest absolute Gasteiger partial charge is 0.506 e. The molecule has 2 N–H and O–H groups in total. The van der Waals surface area contributed by atoms with E-state index in [-0.39, 0.29) is 23.7 Å². The fourth-order valence-corrected chi connectivity index (χ4v) is 3.64. The van der Waals surface area contributed by atoms with Gasteiger partial charge in [0, 0.05) is 23.7 Å². The van der Waals surface area contributed by atoms with Gasteiger partial charge < -0.3 is 19.8 Å². The first-order valence-electron chi connectivity index (χ1n) is 9.34. The number of aliphatic hydroxyl groups is 1. The molecule has 0 spiro atoms. The van der Waals surface area contributed by atoms with Gasteiger partial charge in [0.05, 0.1) is 13.7 Å². The third-order valence-corrected chi connectivity index (χ3v) is 5.23. The normalized spacial score (nSPS) is 14.8. The minimum Gasteiger partial charge on any atom is -0.506 e. The van der Waals surface area contributed by atoms with Crippen LogP contribution in [0.15, 0.2) is 42.5 Å². The van der Waals surface area contributed by atoms with Crippen LogP contribution in [-0.2, 0) is 6.61 Å². The van der Waals surface area contributed by atoms with Gasteiger partial charge in [-0.3, -0.25) is 4.79 Å². The number of halogens is 1. The second-order valence-electron chi connectivity index (χ2n) is 6.99. The Balaban J connectivity index is 2.05. The molecule has 0 fully saturated rings. The van der Waals surface area contributed by atoms with Crippen LogP contribution in [0.5, 0.6) is 11.5 Å². The van der Waals surface area contributed by atoms with Crippen LogP contribution in [0.1, 0.15) is 33.5 Å². The molecule has 0 saturated heterocycles. The lowest BCUT2D eigenvalue weighted by Crippen LogP contribution is -2.24. The molecule has 5 nitrogen and oxygen atoms in total. The predicted molar refractivity (Wildman–Crippen MR) is 115 cm³/mol. The first kappa shape index (κ1) is 21.1. The number of hydrogen-bond donors (Lipinski definition) is 2. The molecule has 29 heavy (non-hydrogen) atoms. The van der Waals surface area contributed by atoms with E-state index in [4.69, 9.17) is 16.3 Å². The van der Waals surface area contributed by atoms with E-state index in [2.05, 4.69) is 4.90 Å². The van der Waals surface area contributed by atoms with Gasteiger partial charge in [0.2, 0.25) is 0 Å². The number of phenols is 1. The second-order valence-corrected chi connectivity index (χ2v) is 7.43. The number of phenolic OH excluding ortho intramolecular Hbond substituents is 1. The van der Waals surface area contributed by atoms with Crippen LogP contribution < -0.4 is 4.74 Å². The number of carbonyl (C=O) groups is 1. The number of allylic oxidation sites excluding steroid dienone is 1. The number of aromatic hydroxyl groups is 1. The minimum absolute atomic E-state index is 0.0813. The molecule has 3 rings (SSSR count). The molecule has 0 aliphatic carbocycles. The molecule has 1 aliphatic rings. The van der Waals surface area contributed by atoms with E-state index in [1.165, 1.54) is 13.2 Å². The van der Waals surface area contributed by atoms with E-state index >= 15 is 0 Å². The summed E-state index contributed by atoms with van der Waals surface area (Å²) in [6.07, 6.45) is 5.76. The van der Waals surface area contributed by atoms with Crippen molar-refractivity contribution in [3.8, 4) is 11.5 Å². The van der Waals surface area contributed by atoms with Gasteiger partial charge in [-0.15, -0.1) is 0 Å². The van der Waals surface area contributed by atoms with Gasteiger partial charge in [0.15, 0.2) is 5.78 Å². The van der Waals surface area contributed by atoms with Gasteiger partial charge in [0.1, 0.15) is 17.1 Å². The highest BCUT2D eigenvalue weighted by Crippen LogP contribution is 2.40. The number of likely N-dealkylation sites (N-methyl/N-ethyl adjacent to an activating group) is 1. The van der Waals surface area contributed by atoms with E-state index in [9.17, 15) is 15.0 Å². The molecule has 6 heteroatoms. The van der Waals surface area contributed by atoms with Crippen LogP contribution in [0.3, 0.4) is 0 Å². The Labute approximate surface area is 175 Å². The molecule has 2 aromatic rings. The van der Waals surface area contributed by atoms with Crippen LogP contribution in [0.2, 0.25) is 5.02 Å². The second kappa shape index (κ2) is 9.27. The number of rotatable bonds is 6. The monoisotopic (exact) mass is 413 g/mol. The summed E-state index contributed by atoms with van der Waals surface area (Å²) in [5.41, 5.74) is 2.82. The Morgan fingerprint density at radius 2 is 2.14 bits per heavy atom. The predicted octanol–water partition coefficient (Wildman–Crippen LogP) is 4.16. The summed E-state index contributed by atoms with van der Waals surface area (Å²) >= 11 is 5.99. The molecule has 0 bridgehead atoms. The summed E-state index contributed by atoms with van der Waals surface area (Å²) in [7, 11) is 3.45. The maximum atomic E-state index is 12.9. The third kappa shape index (κ3) is 4.70. The summed E-state index contributed by atoms with van der Waals surface area (Å²) in [5, 5.41) is 21.4. The fourth-order valence-electron chi connectivity index (χ4n) is 3.44. The summed E-state index contributed by atoms with van der Waals surface area (Å²) in [6.45, 7) is 1.31. The fraction of sp³-hybridized carbons (Fsp3) is 0.261. The molecule has 152 valence electrons. The van der Waals surface area contributed by atoms with E-state index in [0.717, 1.165) is 30.6 Å². The number of nitrogens with zero attached hydrogens (tertiary/aromatic N) is 1. The maximum Gasteiger partial charge on any atom is 0.193 e. The first-order chi connectivity index (χ1) is 13.9. The molecular formula is C23H24ClNO4. The summed E-state index contributed by atoms with van der Waals surface area (Å²) < 4.78 is 5.35. The van der Waals surface area contributed by atoms with Crippen LogP contribution in [0.25, 0.3) is 11.6 Å². The van der Waals surface area contributed by atoms with Gasteiger partial charge >= 0.3 is 0 Å². The lowest BCUT2D eigenvalue weighted by atomic mass is 9.90. The molecule has 0 radical (unpaired) electrons. The van der Waals surface area contributed by atoms with Crippen molar-refractivity contribution in [2.75, 3.05) is 27.2 Å². The zero-order valence-electron chi connectivity index (χ0n) is 16.5. The number of aliphatic hydroxyl groups excluding tert-OH is 1. The van der Waals surface area contributed by atoms with Crippen molar-refractivity contribution in [1.29, 1.82) is 0 Å².